The molecule has 0 spiro atoms. The molecule has 3 nitrogen and oxygen atoms in total. The molecule has 1 N–H and O–H groups in total. The van der Waals surface area contributed by atoms with Crippen LogP contribution < -0.4 is 5.32 Å². The molecule has 2 saturated heterocycles. The summed E-state index contributed by atoms with van der Waals surface area (Å²) in [5.41, 5.74) is 0. The average Bonchev–Trinajstić information content (AvgIpc) is 2.45. The lowest BCUT2D eigenvalue weighted by molar-refractivity contribution is 0.214. The zero-order valence-electron chi connectivity index (χ0n) is 12.1. The minimum absolute atomic E-state index is 0.725. The Morgan fingerprint density at radius 1 is 1.26 bits per heavy atom. The number of nitrogens with zero attached hydrogens (tertiary/aromatic N) is 2. The van der Waals surface area contributed by atoms with Gasteiger partial charge in [-0.25, -0.2) is 0 Å². The second-order valence-electron chi connectivity index (χ2n) is 6.52. The maximum Gasteiger partial charge on any atom is 0.156 e. The first kappa shape index (κ1) is 13.7. The fourth-order valence-corrected chi connectivity index (χ4v) is 4.88. The molecule has 1 saturated carbocycles. The number of rotatable bonds is 2. The molecule has 3 unspecified atom stereocenters. The molecule has 3 rings (SSSR count). The summed E-state index contributed by atoms with van der Waals surface area (Å²) in [6.07, 6.45) is 8.32. The van der Waals surface area contributed by atoms with Gasteiger partial charge in [-0.15, -0.1) is 0 Å². The fourth-order valence-electron chi connectivity index (χ4n) is 3.71. The van der Waals surface area contributed by atoms with Crippen LogP contribution in [0.3, 0.4) is 0 Å². The molecule has 2 aliphatic heterocycles. The first-order chi connectivity index (χ1) is 9.31. The Bertz CT molecular complexity index is 331. The Hall–Kier alpha value is -0.220. The Morgan fingerprint density at radius 2 is 2.16 bits per heavy atom. The van der Waals surface area contributed by atoms with Gasteiger partial charge < -0.3 is 10.2 Å². The third-order valence-electron chi connectivity index (χ3n) is 4.87. The summed E-state index contributed by atoms with van der Waals surface area (Å²) in [5.74, 6) is 2.97. The molecule has 0 aromatic rings. The van der Waals surface area contributed by atoms with Crippen molar-refractivity contribution in [1.29, 1.82) is 0 Å². The molecule has 108 valence electrons. The van der Waals surface area contributed by atoms with Crippen molar-refractivity contribution in [2.75, 3.05) is 32.4 Å². The van der Waals surface area contributed by atoms with Gasteiger partial charge in [0.2, 0.25) is 0 Å². The summed E-state index contributed by atoms with van der Waals surface area (Å²) >= 11 is 1.96. The summed E-state index contributed by atoms with van der Waals surface area (Å²) in [6, 6.07) is 0.725. The number of likely N-dealkylation sites (tertiary alicyclic amines) is 1. The molecule has 0 bridgehead atoms. The molecule has 1 aliphatic carbocycles. The van der Waals surface area contributed by atoms with Crippen LogP contribution in [0.25, 0.3) is 0 Å². The van der Waals surface area contributed by atoms with E-state index >= 15 is 0 Å². The number of aliphatic imine (C=N–C) groups is 1. The summed E-state index contributed by atoms with van der Waals surface area (Å²) in [4.78, 5) is 7.33. The van der Waals surface area contributed by atoms with Gasteiger partial charge >= 0.3 is 0 Å². The third kappa shape index (κ3) is 3.66. The van der Waals surface area contributed by atoms with E-state index in [4.69, 9.17) is 4.99 Å². The molecule has 0 radical (unpaired) electrons. The van der Waals surface area contributed by atoms with Gasteiger partial charge in [0.1, 0.15) is 0 Å². The van der Waals surface area contributed by atoms with E-state index in [2.05, 4.69) is 17.3 Å². The number of thioether (sulfide) groups is 1. The standard InChI is InChI=1S/C15H27N3S/c1-18-8-4-5-12(10-18)9-16-15-17-14-7-3-2-6-13(14)11-19-15/h12-14H,2-11H2,1H3,(H,16,17). The van der Waals surface area contributed by atoms with Crippen LogP contribution in [0.15, 0.2) is 4.99 Å². The second-order valence-corrected chi connectivity index (χ2v) is 7.53. The highest BCUT2D eigenvalue weighted by molar-refractivity contribution is 8.13. The number of hydrogen-bond donors (Lipinski definition) is 1. The number of piperidine rings is 1. The smallest absolute Gasteiger partial charge is 0.156 e. The number of nitrogens with one attached hydrogen (secondary N) is 1. The summed E-state index contributed by atoms with van der Waals surface area (Å²) < 4.78 is 0. The van der Waals surface area contributed by atoms with Gasteiger partial charge in [0.15, 0.2) is 5.17 Å². The lowest BCUT2D eigenvalue weighted by Gasteiger charge is -2.37. The minimum Gasteiger partial charge on any atom is -0.362 e. The second kappa shape index (κ2) is 6.49. The Labute approximate surface area is 121 Å². The van der Waals surface area contributed by atoms with Crippen molar-refractivity contribution in [3.63, 3.8) is 0 Å². The summed E-state index contributed by atoms with van der Waals surface area (Å²) in [5, 5.41) is 4.94. The van der Waals surface area contributed by atoms with Gasteiger partial charge in [-0.3, -0.25) is 4.99 Å². The van der Waals surface area contributed by atoms with Crippen molar-refractivity contribution < 1.29 is 0 Å². The Kier molecular flexibility index (Phi) is 4.69. The van der Waals surface area contributed by atoms with Crippen LogP contribution in [-0.2, 0) is 0 Å². The maximum atomic E-state index is 4.87. The molecule has 0 amide bonds. The molecule has 3 atom stereocenters. The van der Waals surface area contributed by atoms with E-state index in [1.54, 1.807) is 0 Å². The number of hydrogen-bond acceptors (Lipinski definition) is 3. The topological polar surface area (TPSA) is 27.6 Å². The van der Waals surface area contributed by atoms with Gasteiger partial charge in [-0.05, 0) is 51.1 Å². The van der Waals surface area contributed by atoms with Gasteiger partial charge in [0, 0.05) is 24.9 Å². The molecule has 3 fully saturated rings. The average molecular weight is 281 g/mol. The van der Waals surface area contributed by atoms with E-state index in [0.29, 0.717) is 0 Å². The summed E-state index contributed by atoms with van der Waals surface area (Å²) in [6.45, 7) is 3.52. The highest BCUT2D eigenvalue weighted by Crippen LogP contribution is 2.31. The van der Waals surface area contributed by atoms with E-state index in [1.165, 1.54) is 62.5 Å². The van der Waals surface area contributed by atoms with Gasteiger partial charge in [-0.2, -0.15) is 0 Å². The molecule has 19 heavy (non-hydrogen) atoms. The van der Waals surface area contributed by atoms with E-state index in [9.17, 15) is 0 Å². The normalized spacial score (nSPS) is 38.8. The Morgan fingerprint density at radius 3 is 3.05 bits per heavy atom. The Balaban J connectivity index is 1.50. The van der Waals surface area contributed by atoms with Crippen LogP contribution in [0.5, 0.6) is 0 Å². The third-order valence-corrected chi connectivity index (χ3v) is 5.98. The summed E-state index contributed by atoms with van der Waals surface area (Å²) in [7, 11) is 2.24. The predicted octanol–water partition coefficient (Wildman–Crippen LogP) is 2.58. The van der Waals surface area contributed by atoms with Gasteiger partial charge in [0.05, 0.1) is 0 Å². The van der Waals surface area contributed by atoms with Crippen molar-refractivity contribution in [3.8, 4) is 0 Å². The van der Waals surface area contributed by atoms with E-state index in [1.807, 2.05) is 11.8 Å². The van der Waals surface area contributed by atoms with Crippen molar-refractivity contribution in [3.05, 3.63) is 0 Å². The molecule has 4 heteroatoms. The van der Waals surface area contributed by atoms with Crippen LogP contribution in [0.2, 0.25) is 0 Å². The largest absolute Gasteiger partial charge is 0.362 e. The van der Waals surface area contributed by atoms with Crippen molar-refractivity contribution >= 4 is 16.9 Å². The zero-order chi connectivity index (χ0) is 13.1. The van der Waals surface area contributed by atoms with Crippen LogP contribution in [0.4, 0.5) is 0 Å². The van der Waals surface area contributed by atoms with Crippen molar-refractivity contribution in [2.24, 2.45) is 16.8 Å². The van der Waals surface area contributed by atoms with Crippen LogP contribution in [0.1, 0.15) is 38.5 Å². The minimum atomic E-state index is 0.725. The SMILES string of the molecule is CN1CCCC(CN=C2NC3CCCCC3CS2)C1. The quantitative estimate of drug-likeness (QED) is 0.843. The molecular formula is C15H27N3S. The zero-order valence-corrected chi connectivity index (χ0v) is 12.9. The molecule has 3 aliphatic rings. The van der Waals surface area contributed by atoms with E-state index in [-0.39, 0.29) is 0 Å². The van der Waals surface area contributed by atoms with Gasteiger partial charge in [0.25, 0.3) is 0 Å². The van der Waals surface area contributed by atoms with E-state index < -0.39 is 0 Å². The highest BCUT2D eigenvalue weighted by atomic mass is 32.2. The molecule has 2 heterocycles. The van der Waals surface area contributed by atoms with Crippen molar-refractivity contribution in [1.82, 2.24) is 10.2 Å². The fraction of sp³-hybridized carbons (Fsp3) is 0.933. The molecule has 0 aromatic heterocycles. The van der Waals surface area contributed by atoms with Crippen LogP contribution in [0, 0.1) is 11.8 Å². The first-order valence-corrected chi connectivity index (χ1v) is 8.92. The first-order valence-electron chi connectivity index (χ1n) is 7.93. The maximum absolute atomic E-state index is 4.87. The van der Waals surface area contributed by atoms with Crippen LogP contribution >= 0.6 is 11.8 Å². The van der Waals surface area contributed by atoms with Crippen molar-refractivity contribution in [2.45, 2.75) is 44.6 Å². The van der Waals surface area contributed by atoms with Gasteiger partial charge in [-0.1, -0.05) is 24.6 Å². The van der Waals surface area contributed by atoms with Crippen LogP contribution in [-0.4, -0.2) is 48.5 Å². The molecule has 0 aromatic carbocycles. The predicted molar refractivity (Wildman–Crippen MR) is 83.9 cm³/mol. The lowest BCUT2D eigenvalue weighted by atomic mass is 9.86. The number of amidine groups is 1. The highest BCUT2D eigenvalue weighted by Gasteiger charge is 2.30. The number of fused-ring (bicyclic) bond motifs is 1. The lowest BCUT2D eigenvalue weighted by Crippen LogP contribution is -2.46. The van der Waals surface area contributed by atoms with E-state index in [0.717, 1.165) is 24.4 Å². The molecular weight excluding hydrogens is 254 g/mol. The monoisotopic (exact) mass is 281 g/mol.